The fourth-order valence-corrected chi connectivity index (χ4v) is 3.68. The minimum absolute atomic E-state index is 0.554. The smallest absolute Gasteiger partial charge is 0.261 e. The quantitative estimate of drug-likeness (QED) is 0.469. The lowest BCUT2D eigenvalue weighted by atomic mass is 10.2. The van der Waals surface area contributed by atoms with E-state index >= 15 is 0 Å². The van der Waals surface area contributed by atoms with Gasteiger partial charge in [0.05, 0.1) is 10.0 Å². The lowest BCUT2D eigenvalue weighted by molar-refractivity contribution is -0.645. The van der Waals surface area contributed by atoms with E-state index in [1.54, 1.807) is 29.0 Å². The zero-order chi connectivity index (χ0) is 13.0. The summed E-state index contributed by atoms with van der Waals surface area (Å²) in [5.41, 5.74) is 1.08. The van der Waals surface area contributed by atoms with Crippen LogP contribution < -0.4 is 4.73 Å². The van der Waals surface area contributed by atoms with Gasteiger partial charge in [0.1, 0.15) is 0 Å². The third-order valence-corrected chi connectivity index (χ3v) is 5.16. The van der Waals surface area contributed by atoms with Crippen LogP contribution in [-0.4, -0.2) is 0 Å². The number of halogens is 2. The molecule has 0 fully saturated rings. The summed E-state index contributed by atoms with van der Waals surface area (Å²) in [6, 6.07) is 10.9. The fourth-order valence-electron chi connectivity index (χ4n) is 1.26. The van der Waals surface area contributed by atoms with E-state index in [1.807, 2.05) is 18.2 Å². The van der Waals surface area contributed by atoms with Gasteiger partial charge in [0, 0.05) is 28.7 Å². The average Bonchev–Trinajstić information content (AvgIpc) is 2.36. The molecule has 2 rings (SSSR count). The lowest BCUT2D eigenvalue weighted by Crippen LogP contribution is -2.27. The van der Waals surface area contributed by atoms with E-state index in [0.717, 1.165) is 16.0 Å². The molecule has 0 aliphatic carbocycles. The first-order chi connectivity index (χ1) is 8.66. The molecule has 18 heavy (non-hydrogen) atoms. The first-order valence-electron chi connectivity index (χ1n) is 5.08. The van der Waals surface area contributed by atoms with Crippen molar-refractivity contribution in [2.75, 3.05) is 0 Å². The van der Waals surface area contributed by atoms with Gasteiger partial charge in [-0.05, 0) is 23.8 Å². The Morgan fingerprint density at radius 1 is 1.11 bits per heavy atom. The van der Waals surface area contributed by atoms with Crippen LogP contribution in [0.1, 0.15) is 5.56 Å². The van der Waals surface area contributed by atoms with Crippen LogP contribution in [-0.2, 0) is 5.75 Å². The molecule has 6 heteroatoms. The zero-order valence-electron chi connectivity index (χ0n) is 9.18. The molecule has 0 N–H and O–H groups in total. The summed E-state index contributed by atoms with van der Waals surface area (Å²) in [5.74, 6) is 0.760. The number of hydrogen-bond donors (Lipinski definition) is 0. The number of rotatable bonds is 4. The molecule has 0 saturated carbocycles. The second-order valence-corrected chi connectivity index (χ2v) is 6.59. The predicted octanol–water partition coefficient (Wildman–Crippen LogP) is 4.57. The van der Waals surface area contributed by atoms with Crippen LogP contribution in [0.15, 0.2) is 47.6 Å². The largest absolute Gasteiger partial charge is 0.618 e. The van der Waals surface area contributed by atoms with E-state index in [1.165, 1.54) is 17.0 Å². The molecule has 2 nitrogen and oxygen atoms in total. The van der Waals surface area contributed by atoms with Crippen LogP contribution >= 0.6 is 44.8 Å². The topological polar surface area (TPSA) is 26.9 Å². The minimum Gasteiger partial charge on any atom is -0.618 e. The van der Waals surface area contributed by atoms with Crippen molar-refractivity contribution in [2.24, 2.45) is 0 Å². The standard InChI is InChI=1S/C12H9Cl2NOS2/c13-10-5-4-9(7-11(10)14)8-17-18-12-3-1-2-6-15(12)16/h1-7H,8H2. The SMILES string of the molecule is [O-][n+]1ccccc1SSCc1ccc(Cl)c(Cl)c1. The Morgan fingerprint density at radius 3 is 2.67 bits per heavy atom. The first-order valence-corrected chi connectivity index (χ1v) is 8.16. The van der Waals surface area contributed by atoms with Gasteiger partial charge in [-0.1, -0.05) is 40.1 Å². The Hall–Kier alpha value is -0.550. The molecule has 94 valence electrons. The Balaban J connectivity index is 1.92. The van der Waals surface area contributed by atoms with Gasteiger partial charge in [-0.2, -0.15) is 4.73 Å². The van der Waals surface area contributed by atoms with Crippen molar-refractivity contribution >= 4 is 44.8 Å². The van der Waals surface area contributed by atoms with Crippen LogP contribution in [0.25, 0.3) is 0 Å². The van der Waals surface area contributed by atoms with Gasteiger partial charge in [-0.25, -0.2) is 0 Å². The van der Waals surface area contributed by atoms with Crippen LogP contribution in [0.4, 0.5) is 0 Å². The monoisotopic (exact) mass is 317 g/mol. The van der Waals surface area contributed by atoms with Crippen LogP contribution in [0.3, 0.4) is 0 Å². The molecule has 1 aromatic carbocycles. The second-order valence-electron chi connectivity index (χ2n) is 3.46. The summed E-state index contributed by atoms with van der Waals surface area (Å²) in [6.45, 7) is 0. The van der Waals surface area contributed by atoms with Crippen LogP contribution in [0.5, 0.6) is 0 Å². The van der Waals surface area contributed by atoms with E-state index in [-0.39, 0.29) is 0 Å². The summed E-state index contributed by atoms with van der Waals surface area (Å²) >= 11 is 11.8. The Morgan fingerprint density at radius 2 is 1.94 bits per heavy atom. The maximum absolute atomic E-state index is 11.4. The summed E-state index contributed by atoms with van der Waals surface area (Å²) < 4.78 is 0.854. The van der Waals surface area contributed by atoms with Gasteiger partial charge in [-0.15, -0.1) is 0 Å². The Bertz CT molecular complexity index is 551. The van der Waals surface area contributed by atoms with Gasteiger partial charge < -0.3 is 5.21 Å². The lowest BCUT2D eigenvalue weighted by Gasteiger charge is -2.04. The number of pyridine rings is 1. The van der Waals surface area contributed by atoms with E-state index < -0.39 is 0 Å². The highest BCUT2D eigenvalue weighted by atomic mass is 35.5. The number of aromatic nitrogens is 1. The molecule has 0 spiro atoms. The maximum atomic E-state index is 11.4. The van der Waals surface area contributed by atoms with Gasteiger partial charge >= 0.3 is 0 Å². The molecule has 2 aromatic rings. The molecular weight excluding hydrogens is 309 g/mol. The number of benzene rings is 1. The number of nitrogens with zero attached hydrogens (tertiary/aromatic N) is 1. The summed E-state index contributed by atoms with van der Waals surface area (Å²) in [6.07, 6.45) is 1.49. The molecule has 0 unspecified atom stereocenters. The van der Waals surface area contributed by atoms with Crippen LogP contribution in [0.2, 0.25) is 10.0 Å². The van der Waals surface area contributed by atoms with Crippen molar-refractivity contribution in [1.82, 2.24) is 0 Å². The van der Waals surface area contributed by atoms with Crippen molar-refractivity contribution < 1.29 is 4.73 Å². The summed E-state index contributed by atoms with van der Waals surface area (Å²) in [4.78, 5) is 0. The van der Waals surface area contributed by atoms with Gasteiger partial charge in [0.15, 0.2) is 6.20 Å². The molecular formula is C12H9Cl2NOS2. The molecule has 0 bridgehead atoms. The highest BCUT2D eigenvalue weighted by molar-refractivity contribution is 8.76. The first kappa shape index (κ1) is 13.9. The van der Waals surface area contributed by atoms with Crippen molar-refractivity contribution in [3.63, 3.8) is 0 Å². The average molecular weight is 318 g/mol. The van der Waals surface area contributed by atoms with Crippen molar-refractivity contribution in [3.8, 4) is 0 Å². The maximum Gasteiger partial charge on any atom is 0.261 e. The Kier molecular flexibility index (Phi) is 5.06. The van der Waals surface area contributed by atoms with Crippen LogP contribution in [0, 0.1) is 5.21 Å². The molecule has 0 radical (unpaired) electrons. The molecule has 0 aliphatic heterocycles. The molecule has 1 aromatic heterocycles. The highest BCUT2D eigenvalue weighted by Crippen LogP contribution is 2.32. The minimum atomic E-state index is 0.554. The third kappa shape index (κ3) is 3.72. The Labute approximate surface area is 123 Å². The van der Waals surface area contributed by atoms with Gasteiger partial charge in [0.2, 0.25) is 0 Å². The molecule has 1 heterocycles. The summed E-state index contributed by atoms with van der Waals surface area (Å²) in [5, 5.41) is 13.2. The highest BCUT2D eigenvalue weighted by Gasteiger charge is 2.06. The van der Waals surface area contributed by atoms with E-state index in [9.17, 15) is 5.21 Å². The molecule has 0 saturated heterocycles. The van der Waals surface area contributed by atoms with Gasteiger partial charge in [0.25, 0.3) is 5.03 Å². The third-order valence-electron chi connectivity index (χ3n) is 2.14. The van der Waals surface area contributed by atoms with Crippen molar-refractivity contribution in [1.29, 1.82) is 0 Å². The van der Waals surface area contributed by atoms with E-state index in [4.69, 9.17) is 23.2 Å². The molecule has 0 atom stereocenters. The predicted molar refractivity (Wildman–Crippen MR) is 79.0 cm³/mol. The fraction of sp³-hybridized carbons (Fsp3) is 0.0833. The van der Waals surface area contributed by atoms with Crippen molar-refractivity contribution in [2.45, 2.75) is 10.8 Å². The van der Waals surface area contributed by atoms with E-state index in [2.05, 4.69) is 0 Å². The zero-order valence-corrected chi connectivity index (χ0v) is 12.3. The number of hydrogen-bond acceptors (Lipinski definition) is 3. The van der Waals surface area contributed by atoms with Crippen molar-refractivity contribution in [3.05, 3.63) is 63.4 Å². The normalized spacial score (nSPS) is 10.6. The second kappa shape index (κ2) is 6.57. The molecule has 0 aliphatic rings. The molecule has 0 amide bonds. The summed E-state index contributed by atoms with van der Waals surface area (Å²) in [7, 11) is 3.03. The van der Waals surface area contributed by atoms with E-state index in [0.29, 0.717) is 15.1 Å². The van der Waals surface area contributed by atoms with Gasteiger partial charge in [-0.3, -0.25) is 0 Å².